The molecule has 0 fully saturated rings. The minimum atomic E-state index is -3.13. The van der Waals surface area contributed by atoms with Crippen molar-refractivity contribution in [2.75, 3.05) is 0 Å². The SMILES string of the molecule is O=P1(c2ccccc2)c2ccccc2-c2ccc3c(c21)c1ccccc1n3-c1cc2ccc3cccc4ccc(c1)c2c34.O=P1(c2ccccc2)c2ccccc2-c2ccc3c(c21)c1ccccc1n3-c1ccc2c(ccc3ccccc32)c1.O=P1(c2ccccc2)c2ccccc2-c2ccc3c(c21)c1ccccc1n3-c1ccc2c3c4c(ccc13)C=CCC4=CC2. The molecule has 0 amide bonds. The Kier molecular flexibility index (Phi) is 15.6. The van der Waals surface area contributed by atoms with Gasteiger partial charge in [0, 0.05) is 96.8 Å². The average molecular weight is 1670 g/mol. The summed E-state index contributed by atoms with van der Waals surface area (Å²) in [7, 11) is -9.37. The number of allylic oxidation sites excluding steroid dienone is 3. The van der Waals surface area contributed by atoms with Crippen LogP contribution >= 0.6 is 21.4 Å². The van der Waals surface area contributed by atoms with Gasteiger partial charge in [-0.15, -0.1) is 0 Å². The molecule has 3 aromatic heterocycles. The summed E-state index contributed by atoms with van der Waals surface area (Å²) < 4.78 is 54.0. The fourth-order valence-electron chi connectivity index (χ4n) is 22.8. The van der Waals surface area contributed by atoms with E-state index in [1.807, 2.05) is 109 Å². The van der Waals surface area contributed by atoms with Crippen LogP contribution in [0.2, 0.25) is 0 Å². The van der Waals surface area contributed by atoms with Crippen LogP contribution in [0.5, 0.6) is 0 Å². The molecule has 0 radical (unpaired) electrons. The first-order chi connectivity index (χ1) is 62.7. The minimum absolute atomic E-state index is 0.883. The molecule has 3 atom stereocenters. The lowest BCUT2D eigenvalue weighted by Crippen LogP contribution is -2.21. The number of fused-ring (bicyclic) bond motifs is 24. The Morgan fingerprint density at radius 3 is 1.16 bits per heavy atom. The zero-order chi connectivity index (χ0) is 83.7. The van der Waals surface area contributed by atoms with Crippen LogP contribution in [-0.4, -0.2) is 13.7 Å². The molecule has 3 unspecified atom stereocenters. The van der Waals surface area contributed by atoms with E-state index in [1.165, 1.54) is 92.6 Å². The monoisotopic (exact) mass is 1670 g/mol. The van der Waals surface area contributed by atoms with Crippen molar-refractivity contribution in [3.05, 3.63) is 435 Å². The number of aromatic nitrogens is 3. The van der Waals surface area contributed by atoms with Gasteiger partial charge >= 0.3 is 0 Å². The normalized spacial score (nSPS) is 16.6. The molecule has 0 bridgehead atoms. The molecule has 0 saturated heterocycles. The highest BCUT2D eigenvalue weighted by Gasteiger charge is 2.46. The molecule has 6 nitrogen and oxygen atoms in total. The summed E-state index contributed by atoms with van der Waals surface area (Å²) in [6, 6.07) is 143. The van der Waals surface area contributed by atoms with Crippen molar-refractivity contribution < 1.29 is 13.7 Å². The molecule has 29 rings (SSSR count). The fraction of sp³-hybridized carbons (Fsp3) is 0.0169. The van der Waals surface area contributed by atoms with Gasteiger partial charge in [-0.1, -0.05) is 358 Å². The van der Waals surface area contributed by atoms with Crippen LogP contribution < -0.4 is 47.7 Å². The maximum absolute atomic E-state index is 15.7. The zero-order valence-electron chi connectivity index (χ0n) is 68.7. The van der Waals surface area contributed by atoms with Gasteiger partial charge in [-0.2, -0.15) is 0 Å². The molecule has 594 valence electrons. The smallest absolute Gasteiger partial charge is 0.172 e. The van der Waals surface area contributed by atoms with Crippen LogP contribution in [0, 0.1) is 0 Å². The third-order valence-corrected chi connectivity index (χ3v) is 37.6. The molecule has 9 heteroatoms. The molecular formula is C118H74N3O3P3. The molecule has 2 aliphatic carbocycles. The molecule has 6 heterocycles. The Bertz CT molecular complexity index is 9140. The molecule has 5 aliphatic rings. The van der Waals surface area contributed by atoms with E-state index in [9.17, 15) is 0 Å². The fourth-order valence-corrected chi connectivity index (χ4v) is 32.6. The first kappa shape index (κ1) is 72.5. The standard InChI is InChI=1S/C40H24NOP.C40H26NOP.C38H24NOP/c42-43(30-11-2-1-3-12-30)36-16-7-5-13-31(36)32-21-22-35-39(40(32)43)33-14-4-6-15-34(33)41(35)29-23-27-19-17-25-9-8-10-26-18-20-28(24-29)38(27)37(25)26;42-43(28-11-2-1-3-12-28)36-16-7-5-13-29(36)30-22-24-35-39(40(30)43)31-14-4-6-15-33(31)41(35)34-23-20-27-18-17-25-9-8-10-26-19-21-32(34)38(27)37(25)26;40-41(28-11-2-1-3-12-28)36-17-9-7-14-31(36)32-22-23-35-37(38(32)41)33-15-6-8-16-34(33)39(35)27-20-21-30-26(24-27)19-18-25-10-4-5-13-29(25)30/h1-24H;1-8,10-17,19-24H,9,18H2;1-24H. The maximum atomic E-state index is 15.7. The third kappa shape index (κ3) is 10.1. The lowest BCUT2D eigenvalue weighted by molar-refractivity contribution is 0.592. The van der Waals surface area contributed by atoms with E-state index >= 15 is 13.7 Å². The Labute approximate surface area is 731 Å². The predicted molar refractivity (Wildman–Crippen MR) is 539 cm³/mol. The van der Waals surface area contributed by atoms with E-state index in [1.54, 1.807) is 0 Å². The van der Waals surface area contributed by atoms with Gasteiger partial charge in [-0.25, -0.2) is 0 Å². The third-order valence-electron chi connectivity index (χ3n) is 28.1. The van der Waals surface area contributed by atoms with E-state index in [0.29, 0.717) is 0 Å². The zero-order valence-corrected chi connectivity index (χ0v) is 71.4. The van der Waals surface area contributed by atoms with Crippen molar-refractivity contribution in [1.29, 1.82) is 0 Å². The van der Waals surface area contributed by atoms with Gasteiger partial charge in [0.15, 0.2) is 21.4 Å². The summed E-state index contributed by atoms with van der Waals surface area (Å²) in [5, 5.41) is 30.3. The second-order valence-corrected chi connectivity index (χ2v) is 42.4. The van der Waals surface area contributed by atoms with Crippen LogP contribution in [0.15, 0.2) is 419 Å². The molecule has 0 N–H and O–H groups in total. The summed E-state index contributed by atoms with van der Waals surface area (Å²) in [6.07, 6.45) is 8.93. The van der Waals surface area contributed by atoms with Gasteiger partial charge in [0.05, 0.1) is 38.8 Å². The van der Waals surface area contributed by atoms with Crippen molar-refractivity contribution in [3.63, 3.8) is 0 Å². The van der Waals surface area contributed by atoms with Crippen molar-refractivity contribution in [2.24, 2.45) is 0 Å². The summed E-state index contributed by atoms with van der Waals surface area (Å²) in [5.41, 5.74) is 22.0. The molecule has 21 aromatic carbocycles. The molecule has 127 heavy (non-hydrogen) atoms. The minimum Gasteiger partial charge on any atom is -0.309 e. The van der Waals surface area contributed by atoms with Crippen LogP contribution in [0.3, 0.4) is 0 Å². The highest BCUT2D eigenvalue weighted by atomic mass is 31.2. The van der Waals surface area contributed by atoms with Crippen molar-refractivity contribution >= 4 is 211 Å². The molecule has 24 aromatic rings. The van der Waals surface area contributed by atoms with Crippen molar-refractivity contribution in [3.8, 4) is 50.4 Å². The number of hydrogen-bond donors (Lipinski definition) is 0. The lowest BCUT2D eigenvalue weighted by atomic mass is 9.81. The van der Waals surface area contributed by atoms with E-state index in [2.05, 4.69) is 329 Å². The Morgan fingerprint density at radius 1 is 0.236 bits per heavy atom. The number of rotatable bonds is 6. The first-order valence-corrected chi connectivity index (χ1v) is 48.8. The van der Waals surface area contributed by atoms with E-state index in [0.717, 1.165) is 171 Å². The second kappa shape index (κ2) is 27.3. The Balaban J connectivity index is 0.0000000988. The number of hydrogen-bond acceptors (Lipinski definition) is 3. The van der Waals surface area contributed by atoms with Crippen LogP contribution in [0.1, 0.15) is 23.1 Å². The summed E-state index contributed by atoms with van der Waals surface area (Å²) >= 11 is 0. The summed E-state index contributed by atoms with van der Waals surface area (Å²) in [4.78, 5) is 0. The lowest BCUT2D eigenvalue weighted by Gasteiger charge is -2.25. The van der Waals surface area contributed by atoms with Gasteiger partial charge < -0.3 is 27.4 Å². The van der Waals surface area contributed by atoms with Gasteiger partial charge in [0.1, 0.15) is 0 Å². The highest BCUT2D eigenvalue weighted by molar-refractivity contribution is 7.88. The Hall–Kier alpha value is -15.0. The van der Waals surface area contributed by atoms with E-state index in [-0.39, 0.29) is 0 Å². The van der Waals surface area contributed by atoms with Crippen molar-refractivity contribution in [2.45, 2.75) is 12.8 Å². The largest absolute Gasteiger partial charge is 0.309 e. The van der Waals surface area contributed by atoms with Gasteiger partial charge in [0.2, 0.25) is 0 Å². The number of nitrogens with zero attached hydrogens (tertiary/aromatic N) is 3. The van der Waals surface area contributed by atoms with Crippen LogP contribution in [-0.2, 0) is 20.1 Å². The molecular weight excluding hydrogens is 1600 g/mol. The van der Waals surface area contributed by atoms with E-state index in [4.69, 9.17) is 0 Å². The van der Waals surface area contributed by atoms with E-state index < -0.39 is 21.4 Å². The number of para-hydroxylation sites is 3. The predicted octanol–water partition coefficient (Wildman–Crippen LogP) is 26.9. The molecule has 0 saturated carbocycles. The quantitative estimate of drug-likeness (QED) is 0.123. The average Bonchev–Trinajstić information content (AvgIpc) is 1.53. The van der Waals surface area contributed by atoms with Gasteiger partial charge in [-0.3, -0.25) is 0 Å². The Morgan fingerprint density at radius 2 is 0.630 bits per heavy atom. The van der Waals surface area contributed by atoms with Gasteiger partial charge in [0.25, 0.3) is 0 Å². The highest BCUT2D eigenvalue weighted by Crippen LogP contribution is 2.60. The topological polar surface area (TPSA) is 66.0 Å². The van der Waals surface area contributed by atoms with Crippen LogP contribution in [0.4, 0.5) is 0 Å². The summed E-state index contributed by atoms with van der Waals surface area (Å²) in [6.45, 7) is 0. The number of benzene rings is 21. The van der Waals surface area contributed by atoms with Crippen LogP contribution in [0.25, 0.3) is 192 Å². The second-order valence-electron chi connectivity index (χ2n) is 34.4. The summed E-state index contributed by atoms with van der Waals surface area (Å²) in [5.74, 6) is 0. The molecule has 0 spiro atoms. The van der Waals surface area contributed by atoms with Crippen molar-refractivity contribution in [1.82, 2.24) is 13.7 Å². The maximum Gasteiger partial charge on any atom is 0.172 e. The first-order valence-electron chi connectivity index (χ1n) is 43.7. The van der Waals surface area contributed by atoms with Gasteiger partial charge in [-0.05, 0) is 194 Å². The molecule has 3 aliphatic heterocycles.